The molecular formula is C16H20N2O2. The van der Waals surface area contributed by atoms with Crippen LogP contribution in [0.3, 0.4) is 0 Å². The number of carbonyl (C=O) groups excluding carboxylic acids is 1. The summed E-state index contributed by atoms with van der Waals surface area (Å²) in [6, 6.07) is 6.04. The van der Waals surface area contributed by atoms with Crippen LogP contribution in [-0.4, -0.2) is 24.6 Å². The van der Waals surface area contributed by atoms with Gasteiger partial charge >= 0.3 is 5.97 Å². The summed E-state index contributed by atoms with van der Waals surface area (Å²) in [7, 11) is 1.81. The van der Waals surface area contributed by atoms with E-state index in [1.807, 2.05) is 12.1 Å². The third kappa shape index (κ3) is 2.46. The Labute approximate surface area is 119 Å². The second kappa shape index (κ2) is 5.90. The third-order valence-electron chi connectivity index (χ3n) is 3.30. The first-order valence-corrected chi connectivity index (χ1v) is 6.86. The van der Waals surface area contributed by atoms with E-state index in [-0.39, 0.29) is 5.97 Å². The van der Waals surface area contributed by atoms with E-state index in [2.05, 4.69) is 30.2 Å². The SMILES string of the molecule is CCOC(=O)c1cnc2c(C(C)C)cccc2c1NC. The van der Waals surface area contributed by atoms with Crippen molar-refractivity contribution >= 4 is 22.6 Å². The Kier molecular flexibility index (Phi) is 4.23. The van der Waals surface area contributed by atoms with Gasteiger partial charge in [-0.2, -0.15) is 0 Å². The van der Waals surface area contributed by atoms with Crippen molar-refractivity contribution < 1.29 is 9.53 Å². The average Bonchev–Trinajstić information content (AvgIpc) is 2.45. The van der Waals surface area contributed by atoms with Gasteiger partial charge in [0.25, 0.3) is 0 Å². The molecule has 1 N–H and O–H groups in total. The number of pyridine rings is 1. The molecule has 4 nitrogen and oxygen atoms in total. The first-order valence-electron chi connectivity index (χ1n) is 6.86. The Hall–Kier alpha value is -2.10. The van der Waals surface area contributed by atoms with Gasteiger partial charge in [-0.15, -0.1) is 0 Å². The minimum atomic E-state index is -0.346. The molecule has 1 aromatic carbocycles. The number of ether oxygens (including phenoxy) is 1. The highest BCUT2D eigenvalue weighted by Gasteiger charge is 2.17. The summed E-state index contributed by atoms with van der Waals surface area (Å²) in [4.78, 5) is 16.5. The van der Waals surface area contributed by atoms with Gasteiger partial charge in [0.1, 0.15) is 5.56 Å². The lowest BCUT2D eigenvalue weighted by atomic mass is 9.98. The predicted octanol–water partition coefficient (Wildman–Crippen LogP) is 3.58. The molecule has 0 radical (unpaired) electrons. The second-order valence-electron chi connectivity index (χ2n) is 4.92. The number of anilines is 1. The molecule has 0 bridgehead atoms. The minimum Gasteiger partial charge on any atom is -0.462 e. The van der Waals surface area contributed by atoms with Gasteiger partial charge in [0, 0.05) is 18.6 Å². The molecule has 0 aliphatic heterocycles. The summed E-state index contributed by atoms with van der Waals surface area (Å²) in [5.74, 6) is 0.0329. The van der Waals surface area contributed by atoms with Gasteiger partial charge < -0.3 is 10.1 Å². The maximum absolute atomic E-state index is 12.0. The lowest BCUT2D eigenvalue weighted by molar-refractivity contribution is 0.0527. The van der Waals surface area contributed by atoms with Crippen molar-refractivity contribution in [3.63, 3.8) is 0 Å². The van der Waals surface area contributed by atoms with Gasteiger partial charge in [-0.1, -0.05) is 32.0 Å². The summed E-state index contributed by atoms with van der Waals surface area (Å²) >= 11 is 0. The molecule has 0 amide bonds. The quantitative estimate of drug-likeness (QED) is 0.864. The zero-order valence-corrected chi connectivity index (χ0v) is 12.4. The summed E-state index contributed by atoms with van der Waals surface area (Å²) in [5, 5.41) is 4.05. The van der Waals surface area contributed by atoms with E-state index in [0.717, 1.165) is 16.6 Å². The molecule has 1 aromatic heterocycles. The molecule has 0 atom stereocenters. The zero-order chi connectivity index (χ0) is 14.7. The number of esters is 1. The fraction of sp³-hybridized carbons (Fsp3) is 0.375. The smallest absolute Gasteiger partial charge is 0.341 e. The highest BCUT2D eigenvalue weighted by atomic mass is 16.5. The number of hydrogen-bond donors (Lipinski definition) is 1. The van der Waals surface area contributed by atoms with Gasteiger partial charge in [0.2, 0.25) is 0 Å². The molecule has 106 valence electrons. The van der Waals surface area contributed by atoms with Crippen LogP contribution in [0.2, 0.25) is 0 Å². The third-order valence-corrected chi connectivity index (χ3v) is 3.30. The lowest BCUT2D eigenvalue weighted by Crippen LogP contribution is -2.09. The van der Waals surface area contributed by atoms with E-state index in [0.29, 0.717) is 18.1 Å². The molecule has 1 heterocycles. The molecule has 0 saturated heterocycles. The Morgan fingerprint density at radius 2 is 2.15 bits per heavy atom. The molecule has 0 spiro atoms. The van der Waals surface area contributed by atoms with E-state index >= 15 is 0 Å². The fourth-order valence-corrected chi connectivity index (χ4v) is 2.34. The van der Waals surface area contributed by atoms with E-state index < -0.39 is 0 Å². The topological polar surface area (TPSA) is 51.2 Å². The Bertz CT molecular complexity index is 636. The highest BCUT2D eigenvalue weighted by Crippen LogP contribution is 2.31. The van der Waals surface area contributed by atoms with Crippen LogP contribution in [0.5, 0.6) is 0 Å². The van der Waals surface area contributed by atoms with Crippen molar-refractivity contribution in [3.8, 4) is 0 Å². The zero-order valence-electron chi connectivity index (χ0n) is 12.4. The molecular weight excluding hydrogens is 252 g/mol. The number of rotatable bonds is 4. The lowest BCUT2D eigenvalue weighted by Gasteiger charge is -2.14. The number of aromatic nitrogens is 1. The minimum absolute atomic E-state index is 0.346. The number of benzene rings is 1. The van der Waals surface area contributed by atoms with Gasteiger partial charge in [-0.3, -0.25) is 4.98 Å². The van der Waals surface area contributed by atoms with E-state index in [4.69, 9.17) is 4.74 Å². The predicted molar refractivity (Wildman–Crippen MR) is 81.3 cm³/mol. The van der Waals surface area contributed by atoms with Crippen molar-refractivity contribution in [2.45, 2.75) is 26.7 Å². The molecule has 4 heteroatoms. The second-order valence-corrected chi connectivity index (χ2v) is 4.92. The number of nitrogens with one attached hydrogen (secondary N) is 1. The number of nitrogens with zero attached hydrogens (tertiary/aromatic N) is 1. The maximum atomic E-state index is 12.0. The molecule has 0 unspecified atom stereocenters. The summed E-state index contributed by atoms with van der Waals surface area (Å²) in [6.07, 6.45) is 1.60. The van der Waals surface area contributed by atoms with Crippen LogP contribution >= 0.6 is 0 Å². The van der Waals surface area contributed by atoms with Gasteiger partial charge in [0.05, 0.1) is 17.8 Å². The molecule has 20 heavy (non-hydrogen) atoms. The van der Waals surface area contributed by atoms with Crippen LogP contribution in [0, 0.1) is 0 Å². The molecule has 0 aliphatic rings. The Morgan fingerprint density at radius 3 is 2.75 bits per heavy atom. The van der Waals surface area contributed by atoms with Crippen LogP contribution in [0.1, 0.15) is 42.6 Å². The van der Waals surface area contributed by atoms with Crippen molar-refractivity contribution in [2.75, 3.05) is 19.0 Å². The molecule has 0 fully saturated rings. The standard InChI is InChI=1S/C16H20N2O2/c1-5-20-16(19)13-9-18-15-11(10(2)3)7-6-8-12(15)14(13)17-4/h6-10H,5H2,1-4H3,(H,17,18). The van der Waals surface area contributed by atoms with Crippen molar-refractivity contribution in [3.05, 3.63) is 35.5 Å². The Morgan fingerprint density at radius 1 is 1.40 bits per heavy atom. The van der Waals surface area contributed by atoms with E-state index in [1.54, 1.807) is 20.2 Å². The van der Waals surface area contributed by atoms with Crippen LogP contribution in [0.4, 0.5) is 5.69 Å². The monoisotopic (exact) mass is 272 g/mol. The van der Waals surface area contributed by atoms with E-state index in [9.17, 15) is 4.79 Å². The van der Waals surface area contributed by atoms with Crippen LogP contribution in [-0.2, 0) is 4.74 Å². The summed E-state index contributed by atoms with van der Waals surface area (Å²) in [5.41, 5.74) is 3.35. The fourth-order valence-electron chi connectivity index (χ4n) is 2.34. The van der Waals surface area contributed by atoms with Gasteiger partial charge in [0.15, 0.2) is 0 Å². The largest absolute Gasteiger partial charge is 0.462 e. The number of fused-ring (bicyclic) bond motifs is 1. The summed E-state index contributed by atoms with van der Waals surface area (Å²) in [6.45, 7) is 6.41. The number of hydrogen-bond acceptors (Lipinski definition) is 4. The molecule has 2 aromatic rings. The molecule has 0 aliphatic carbocycles. The molecule has 2 rings (SSSR count). The Balaban J connectivity index is 2.68. The average molecular weight is 272 g/mol. The van der Waals surface area contributed by atoms with Gasteiger partial charge in [-0.25, -0.2) is 4.79 Å². The molecule has 0 saturated carbocycles. The van der Waals surface area contributed by atoms with Crippen molar-refractivity contribution in [1.82, 2.24) is 4.98 Å². The van der Waals surface area contributed by atoms with Crippen LogP contribution < -0.4 is 5.32 Å². The van der Waals surface area contributed by atoms with Gasteiger partial charge in [-0.05, 0) is 18.4 Å². The number of para-hydroxylation sites is 1. The van der Waals surface area contributed by atoms with Crippen LogP contribution in [0.15, 0.2) is 24.4 Å². The summed E-state index contributed by atoms with van der Waals surface area (Å²) < 4.78 is 5.08. The van der Waals surface area contributed by atoms with Crippen molar-refractivity contribution in [2.24, 2.45) is 0 Å². The first kappa shape index (κ1) is 14.3. The van der Waals surface area contributed by atoms with E-state index in [1.165, 1.54) is 5.56 Å². The maximum Gasteiger partial charge on any atom is 0.341 e. The highest BCUT2D eigenvalue weighted by molar-refractivity contribution is 6.05. The number of carbonyl (C=O) groups is 1. The van der Waals surface area contributed by atoms with Crippen molar-refractivity contribution in [1.29, 1.82) is 0 Å². The van der Waals surface area contributed by atoms with Crippen LogP contribution in [0.25, 0.3) is 10.9 Å². The first-order chi connectivity index (χ1) is 9.60. The normalized spacial score (nSPS) is 10.8.